The topological polar surface area (TPSA) is 44.4 Å². The van der Waals surface area contributed by atoms with Crippen molar-refractivity contribution in [1.29, 1.82) is 0 Å². The van der Waals surface area contributed by atoms with Crippen molar-refractivity contribution in [2.75, 3.05) is 39.3 Å². The molecule has 1 heterocycles. The molecular formula is C14H25N3O. The van der Waals surface area contributed by atoms with E-state index in [1.54, 1.807) is 0 Å². The molecule has 0 spiro atoms. The molecule has 2 aliphatic carbocycles. The van der Waals surface area contributed by atoms with Crippen molar-refractivity contribution < 1.29 is 4.79 Å². The van der Waals surface area contributed by atoms with Crippen LogP contribution in [0.1, 0.15) is 25.7 Å². The number of hydrogen-bond acceptors (Lipinski definition) is 3. The molecule has 4 nitrogen and oxygen atoms in total. The number of nitrogens with one attached hydrogen (secondary N) is 2. The highest BCUT2D eigenvalue weighted by Gasteiger charge is 2.45. The fourth-order valence-electron chi connectivity index (χ4n) is 3.11. The van der Waals surface area contributed by atoms with E-state index in [-0.39, 0.29) is 0 Å². The minimum absolute atomic E-state index is 0.343. The predicted molar refractivity (Wildman–Crippen MR) is 71.3 cm³/mol. The summed E-state index contributed by atoms with van der Waals surface area (Å²) in [7, 11) is 0. The lowest BCUT2D eigenvalue weighted by molar-refractivity contribution is -0.126. The fourth-order valence-corrected chi connectivity index (χ4v) is 3.11. The molecular weight excluding hydrogens is 226 g/mol. The summed E-state index contributed by atoms with van der Waals surface area (Å²) in [6.07, 6.45) is 5.14. The molecule has 1 amide bonds. The normalized spacial score (nSPS) is 25.4. The van der Waals surface area contributed by atoms with Crippen LogP contribution in [-0.4, -0.2) is 50.1 Å². The molecule has 2 saturated carbocycles. The molecule has 18 heavy (non-hydrogen) atoms. The maximum absolute atomic E-state index is 12.2. The first-order valence-corrected chi connectivity index (χ1v) is 7.55. The van der Waals surface area contributed by atoms with Gasteiger partial charge < -0.3 is 10.6 Å². The van der Waals surface area contributed by atoms with E-state index >= 15 is 0 Å². The number of hydrogen-bond donors (Lipinski definition) is 2. The Kier molecular flexibility index (Phi) is 3.85. The van der Waals surface area contributed by atoms with Crippen LogP contribution in [0.15, 0.2) is 0 Å². The molecule has 0 aromatic carbocycles. The SMILES string of the molecule is O=C(NCCN1CCNCC1)C(C1CC1)C1CC1. The Labute approximate surface area is 109 Å². The van der Waals surface area contributed by atoms with Gasteiger partial charge in [0.2, 0.25) is 5.91 Å². The third kappa shape index (κ3) is 3.23. The highest BCUT2D eigenvalue weighted by atomic mass is 16.1. The quantitative estimate of drug-likeness (QED) is 0.720. The zero-order valence-electron chi connectivity index (χ0n) is 11.2. The summed E-state index contributed by atoms with van der Waals surface area (Å²) in [4.78, 5) is 14.6. The van der Waals surface area contributed by atoms with Crippen LogP contribution >= 0.6 is 0 Å². The van der Waals surface area contributed by atoms with Crippen molar-refractivity contribution >= 4 is 5.91 Å². The van der Waals surface area contributed by atoms with Crippen LogP contribution < -0.4 is 10.6 Å². The molecule has 3 rings (SSSR count). The Morgan fingerprint density at radius 1 is 1.17 bits per heavy atom. The Morgan fingerprint density at radius 3 is 2.33 bits per heavy atom. The van der Waals surface area contributed by atoms with E-state index < -0.39 is 0 Å². The molecule has 0 atom stereocenters. The summed E-state index contributed by atoms with van der Waals surface area (Å²) < 4.78 is 0. The lowest BCUT2D eigenvalue weighted by Gasteiger charge is -2.27. The van der Waals surface area contributed by atoms with Gasteiger partial charge in [0.25, 0.3) is 0 Å². The van der Waals surface area contributed by atoms with E-state index in [1.807, 2.05) is 0 Å². The third-order valence-electron chi connectivity index (χ3n) is 4.50. The Bertz CT molecular complexity index is 281. The summed E-state index contributed by atoms with van der Waals surface area (Å²) in [6, 6.07) is 0. The Morgan fingerprint density at radius 2 is 1.78 bits per heavy atom. The first-order chi connectivity index (χ1) is 8.84. The second-order valence-corrected chi connectivity index (χ2v) is 6.08. The number of amides is 1. The molecule has 0 unspecified atom stereocenters. The summed E-state index contributed by atoms with van der Waals surface area (Å²) in [5.41, 5.74) is 0. The molecule has 0 bridgehead atoms. The van der Waals surface area contributed by atoms with Crippen LogP contribution in [0.25, 0.3) is 0 Å². The van der Waals surface area contributed by atoms with E-state index in [0.29, 0.717) is 11.8 Å². The number of nitrogens with zero attached hydrogens (tertiary/aromatic N) is 1. The van der Waals surface area contributed by atoms with Crippen LogP contribution in [0.2, 0.25) is 0 Å². The van der Waals surface area contributed by atoms with Crippen molar-refractivity contribution in [2.24, 2.45) is 17.8 Å². The smallest absolute Gasteiger partial charge is 0.223 e. The van der Waals surface area contributed by atoms with Gasteiger partial charge in [-0.2, -0.15) is 0 Å². The molecule has 3 fully saturated rings. The van der Waals surface area contributed by atoms with E-state index in [9.17, 15) is 4.79 Å². The van der Waals surface area contributed by atoms with Gasteiger partial charge in [-0.3, -0.25) is 9.69 Å². The van der Waals surface area contributed by atoms with Gasteiger partial charge in [-0.15, -0.1) is 0 Å². The van der Waals surface area contributed by atoms with Crippen LogP contribution in [0.4, 0.5) is 0 Å². The van der Waals surface area contributed by atoms with Crippen molar-refractivity contribution in [2.45, 2.75) is 25.7 Å². The molecule has 1 aliphatic heterocycles. The van der Waals surface area contributed by atoms with Gasteiger partial charge in [-0.25, -0.2) is 0 Å². The van der Waals surface area contributed by atoms with Crippen molar-refractivity contribution in [3.63, 3.8) is 0 Å². The van der Waals surface area contributed by atoms with Crippen LogP contribution in [0.3, 0.4) is 0 Å². The maximum atomic E-state index is 12.2. The van der Waals surface area contributed by atoms with Gasteiger partial charge in [0.1, 0.15) is 0 Å². The van der Waals surface area contributed by atoms with Gasteiger partial charge in [0.05, 0.1) is 0 Å². The molecule has 102 valence electrons. The number of rotatable bonds is 6. The lowest BCUT2D eigenvalue weighted by atomic mass is 9.97. The second-order valence-electron chi connectivity index (χ2n) is 6.08. The van der Waals surface area contributed by atoms with Crippen LogP contribution in [0.5, 0.6) is 0 Å². The highest BCUT2D eigenvalue weighted by molar-refractivity contribution is 5.80. The van der Waals surface area contributed by atoms with Gasteiger partial charge in [-0.05, 0) is 37.5 Å². The zero-order chi connectivity index (χ0) is 12.4. The molecule has 4 heteroatoms. The monoisotopic (exact) mass is 251 g/mol. The van der Waals surface area contributed by atoms with Crippen molar-refractivity contribution in [3.05, 3.63) is 0 Å². The Hall–Kier alpha value is -0.610. The van der Waals surface area contributed by atoms with Crippen molar-refractivity contribution in [1.82, 2.24) is 15.5 Å². The molecule has 0 aromatic rings. The average molecular weight is 251 g/mol. The zero-order valence-corrected chi connectivity index (χ0v) is 11.2. The standard InChI is InChI=1S/C14H25N3O/c18-14(13(11-1-2-11)12-3-4-12)16-7-10-17-8-5-15-6-9-17/h11-13,15H,1-10H2,(H,16,18). The van der Waals surface area contributed by atoms with Gasteiger partial charge in [0, 0.05) is 45.2 Å². The van der Waals surface area contributed by atoms with Crippen LogP contribution in [-0.2, 0) is 4.79 Å². The highest BCUT2D eigenvalue weighted by Crippen LogP contribution is 2.49. The summed E-state index contributed by atoms with van der Waals surface area (Å²) in [5, 5.41) is 6.52. The van der Waals surface area contributed by atoms with E-state index in [2.05, 4.69) is 15.5 Å². The number of carbonyl (C=O) groups is 1. The Balaban J connectivity index is 1.37. The van der Waals surface area contributed by atoms with Crippen LogP contribution in [0, 0.1) is 17.8 Å². The minimum Gasteiger partial charge on any atom is -0.355 e. The van der Waals surface area contributed by atoms with E-state index in [0.717, 1.165) is 51.1 Å². The van der Waals surface area contributed by atoms with Gasteiger partial charge >= 0.3 is 0 Å². The summed E-state index contributed by atoms with van der Waals surface area (Å²) >= 11 is 0. The van der Waals surface area contributed by atoms with E-state index in [1.165, 1.54) is 25.7 Å². The molecule has 0 aromatic heterocycles. The largest absolute Gasteiger partial charge is 0.355 e. The molecule has 2 N–H and O–H groups in total. The number of carbonyl (C=O) groups excluding carboxylic acids is 1. The third-order valence-corrected chi connectivity index (χ3v) is 4.50. The van der Waals surface area contributed by atoms with Crippen molar-refractivity contribution in [3.8, 4) is 0 Å². The number of piperazine rings is 1. The fraction of sp³-hybridized carbons (Fsp3) is 0.929. The maximum Gasteiger partial charge on any atom is 0.223 e. The second kappa shape index (κ2) is 5.57. The lowest BCUT2D eigenvalue weighted by Crippen LogP contribution is -2.46. The van der Waals surface area contributed by atoms with Gasteiger partial charge in [0.15, 0.2) is 0 Å². The first kappa shape index (κ1) is 12.4. The summed E-state index contributed by atoms with van der Waals surface area (Å²) in [6.45, 7) is 6.24. The molecule has 1 saturated heterocycles. The van der Waals surface area contributed by atoms with E-state index in [4.69, 9.17) is 0 Å². The summed E-state index contributed by atoms with van der Waals surface area (Å²) in [5.74, 6) is 2.14. The molecule has 0 radical (unpaired) electrons. The average Bonchev–Trinajstić information content (AvgIpc) is 3.25. The predicted octanol–water partition coefficient (Wildman–Crippen LogP) is 0.444. The minimum atomic E-state index is 0.343. The first-order valence-electron chi connectivity index (χ1n) is 7.55. The van der Waals surface area contributed by atoms with Gasteiger partial charge in [-0.1, -0.05) is 0 Å². The molecule has 3 aliphatic rings.